The van der Waals surface area contributed by atoms with Crippen molar-refractivity contribution >= 4 is 17.4 Å². The Kier molecular flexibility index (Phi) is 6.18. The highest BCUT2D eigenvalue weighted by molar-refractivity contribution is 5.99. The number of carbonyl (C=O) groups is 1. The van der Waals surface area contributed by atoms with E-state index in [2.05, 4.69) is 10.3 Å². The summed E-state index contributed by atoms with van der Waals surface area (Å²) in [6, 6.07) is 4.66. The van der Waals surface area contributed by atoms with Crippen molar-refractivity contribution in [2.24, 2.45) is 0 Å². The highest BCUT2D eigenvalue weighted by atomic mass is 19.1. The average Bonchev–Trinajstić information content (AvgIpc) is 3.08. The molecule has 1 atom stereocenters. The van der Waals surface area contributed by atoms with Gasteiger partial charge in [0.25, 0.3) is 0 Å². The van der Waals surface area contributed by atoms with Crippen LogP contribution in [0.5, 0.6) is 0 Å². The third-order valence-electron chi connectivity index (χ3n) is 4.63. The van der Waals surface area contributed by atoms with Crippen LogP contribution in [0.2, 0.25) is 0 Å². The lowest BCUT2D eigenvalue weighted by atomic mass is 10.0. The molecule has 5 nitrogen and oxygen atoms in total. The molecule has 1 unspecified atom stereocenters. The molecule has 1 fully saturated rings. The third kappa shape index (κ3) is 4.62. The van der Waals surface area contributed by atoms with Gasteiger partial charge in [0.05, 0.1) is 12.2 Å². The van der Waals surface area contributed by atoms with Crippen LogP contribution in [0.25, 0.3) is 11.1 Å². The van der Waals surface area contributed by atoms with Crippen molar-refractivity contribution < 1.29 is 18.0 Å². The number of carbonyl (C=O) groups excluding carboxylic acids is 1. The summed E-state index contributed by atoms with van der Waals surface area (Å²) in [6.45, 7) is 1.10. The number of rotatable bonds is 6. The van der Waals surface area contributed by atoms with Crippen molar-refractivity contribution in [3.8, 4) is 11.1 Å². The van der Waals surface area contributed by atoms with E-state index in [9.17, 15) is 18.0 Å². The van der Waals surface area contributed by atoms with E-state index < -0.39 is 17.8 Å². The van der Waals surface area contributed by atoms with Crippen molar-refractivity contribution in [3.05, 3.63) is 42.1 Å². The summed E-state index contributed by atoms with van der Waals surface area (Å²) in [5.41, 5.74) is 0.593. The van der Waals surface area contributed by atoms with E-state index in [4.69, 9.17) is 0 Å². The molecule has 0 radical (unpaired) electrons. The van der Waals surface area contributed by atoms with E-state index in [1.807, 2.05) is 19.0 Å². The van der Waals surface area contributed by atoms with E-state index in [1.54, 1.807) is 4.90 Å². The molecule has 1 aromatic heterocycles. The highest BCUT2D eigenvalue weighted by Gasteiger charge is 2.27. The SMILES string of the molecule is CN(C)CCC(=O)Nc1c(-c2cc(F)ccc2F)ccnc1N1CCC(F)C1. The molecule has 1 aromatic carbocycles. The molecule has 0 spiro atoms. The molecule has 2 aromatic rings. The molecule has 2 heterocycles. The van der Waals surface area contributed by atoms with Crippen LogP contribution < -0.4 is 10.2 Å². The average molecular weight is 392 g/mol. The van der Waals surface area contributed by atoms with Gasteiger partial charge < -0.3 is 15.1 Å². The predicted molar refractivity (Wildman–Crippen MR) is 103 cm³/mol. The van der Waals surface area contributed by atoms with Gasteiger partial charge in [-0.05, 0) is 44.8 Å². The van der Waals surface area contributed by atoms with Gasteiger partial charge in [0.15, 0.2) is 5.82 Å². The van der Waals surface area contributed by atoms with Crippen LogP contribution in [0.3, 0.4) is 0 Å². The zero-order chi connectivity index (χ0) is 20.3. The molecular weight excluding hydrogens is 369 g/mol. The summed E-state index contributed by atoms with van der Waals surface area (Å²) in [5.74, 6) is -1.13. The first-order valence-electron chi connectivity index (χ1n) is 9.13. The molecule has 1 N–H and O–H groups in total. The second-order valence-corrected chi connectivity index (χ2v) is 7.11. The number of pyridine rings is 1. The molecule has 8 heteroatoms. The number of hydrogen-bond acceptors (Lipinski definition) is 4. The third-order valence-corrected chi connectivity index (χ3v) is 4.63. The van der Waals surface area contributed by atoms with Gasteiger partial charge in [0.2, 0.25) is 5.91 Å². The quantitative estimate of drug-likeness (QED) is 0.818. The number of nitrogens with zero attached hydrogens (tertiary/aromatic N) is 3. The van der Waals surface area contributed by atoms with Crippen LogP contribution in [0.15, 0.2) is 30.5 Å². The van der Waals surface area contributed by atoms with Crippen molar-refractivity contribution in [3.63, 3.8) is 0 Å². The lowest BCUT2D eigenvalue weighted by Crippen LogP contribution is -2.25. The Morgan fingerprint density at radius 2 is 2.07 bits per heavy atom. The van der Waals surface area contributed by atoms with E-state index in [0.717, 1.165) is 18.2 Å². The van der Waals surface area contributed by atoms with E-state index >= 15 is 0 Å². The van der Waals surface area contributed by atoms with Gasteiger partial charge in [0.1, 0.15) is 17.8 Å². The maximum Gasteiger partial charge on any atom is 0.225 e. The Bertz CT molecular complexity index is 859. The summed E-state index contributed by atoms with van der Waals surface area (Å²) in [7, 11) is 3.70. The van der Waals surface area contributed by atoms with Gasteiger partial charge in [0, 0.05) is 36.8 Å². The van der Waals surface area contributed by atoms with Crippen molar-refractivity contribution in [1.82, 2.24) is 9.88 Å². The largest absolute Gasteiger partial charge is 0.352 e. The number of hydrogen-bond donors (Lipinski definition) is 1. The van der Waals surface area contributed by atoms with Crippen LogP contribution in [0.1, 0.15) is 12.8 Å². The summed E-state index contributed by atoms with van der Waals surface area (Å²) in [4.78, 5) is 20.3. The van der Waals surface area contributed by atoms with Gasteiger partial charge in [-0.3, -0.25) is 4.79 Å². The van der Waals surface area contributed by atoms with Crippen LogP contribution in [-0.2, 0) is 4.79 Å². The zero-order valence-electron chi connectivity index (χ0n) is 15.9. The molecule has 3 rings (SSSR count). The summed E-state index contributed by atoms with van der Waals surface area (Å²) in [5, 5.41) is 2.79. The van der Waals surface area contributed by atoms with Crippen molar-refractivity contribution in [2.75, 3.05) is 43.9 Å². The number of anilines is 2. The lowest BCUT2D eigenvalue weighted by Gasteiger charge is -2.23. The molecule has 0 saturated carbocycles. The predicted octanol–water partition coefficient (Wildman–Crippen LogP) is 3.47. The molecule has 28 heavy (non-hydrogen) atoms. The number of benzene rings is 1. The fraction of sp³-hybridized carbons (Fsp3) is 0.400. The highest BCUT2D eigenvalue weighted by Crippen LogP contribution is 2.37. The Hall–Kier alpha value is -2.61. The minimum absolute atomic E-state index is 0.0163. The van der Waals surface area contributed by atoms with Crippen LogP contribution in [0, 0.1) is 11.6 Å². The molecule has 1 aliphatic rings. The monoisotopic (exact) mass is 392 g/mol. The maximum atomic E-state index is 14.4. The minimum atomic E-state index is -0.992. The topological polar surface area (TPSA) is 48.5 Å². The van der Waals surface area contributed by atoms with Gasteiger partial charge in [-0.25, -0.2) is 18.2 Å². The number of alkyl halides is 1. The van der Waals surface area contributed by atoms with Gasteiger partial charge in [-0.2, -0.15) is 0 Å². The second kappa shape index (κ2) is 8.60. The number of amides is 1. The minimum Gasteiger partial charge on any atom is -0.352 e. The molecule has 1 amide bonds. The summed E-state index contributed by atoms with van der Waals surface area (Å²) in [6.07, 6.45) is 1.04. The number of nitrogens with one attached hydrogen (secondary N) is 1. The molecule has 1 aliphatic heterocycles. The van der Waals surface area contributed by atoms with Crippen LogP contribution in [-0.4, -0.2) is 55.7 Å². The fourth-order valence-corrected chi connectivity index (χ4v) is 3.18. The van der Waals surface area contributed by atoms with Crippen molar-refractivity contribution in [1.29, 1.82) is 0 Å². The molecule has 150 valence electrons. The van der Waals surface area contributed by atoms with Crippen LogP contribution >= 0.6 is 0 Å². The molecule has 1 saturated heterocycles. The number of aromatic nitrogens is 1. The van der Waals surface area contributed by atoms with Gasteiger partial charge in [-0.15, -0.1) is 0 Å². The van der Waals surface area contributed by atoms with Gasteiger partial charge in [-0.1, -0.05) is 0 Å². The second-order valence-electron chi connectivity index (χ2n) is 7.11. The lowest BCUT2D eigenvalue weighted by molar-refractivity contribution is -0.116. The van der Waals surface area contributed by atoms with Gasteiger partial charge >= 0.3 is 0 Å². The smallest absolute Gasteiger partial charge is 0.225 e. The standard InChI is InChI=1S/C20H23F3N4O/c1-26(2)9-7-18(28)25-19-15(16-11-13(21)3-4-17(16)23)5-8-24-20(19)27-10-6-14(22)12-27/h3-5,8,11,14H,6-7,9-10,12H2,1-2H3,(H,25,28). The van der Waals surface area contributed by atoms with Crippen LogP contribution in [0.4, 0.5) is 24.7 Å². The normalized spacial score (nSPS) is 16.6. The Balaban J connectivity index is 2.03. The van der Waals surface area contributed by atoms with Crippen molar-refractivity contribution in [2.45, 2.75) is 19.0 Å². The first-order chi connectivity index (χ1) is 13.3. The first kappa shape index (κ1) is 20.1. The first-order valence-corrected chi connectivity index (χ1v) is 9.13. The molecular formula is C20H23F3N4O. The Morgan fingerprint density at radius 1 is 1.29 bits per heavy atom. The zero-order valence-corrected chi connectivity index (χ0v) is 15.9. The van der Waals surface area contributed by atoms with E-state index in [-0.39, 0.29) is 30.1 Å². The Labute approximate surface area is 162 Å². The maximum absolute atomic E-state index is 14.4. The summed E-state index contributed by atoms with van der Waals surface area (Å²) >= 11 is 0. The molecule has 0 aliphatic carbocycles. The Morgan fingerprint density at radius 3 is 2.75 bits per heavy atom. The summed E-state index contributed by atoms with van der Waals surface area (Å²) < 4.78 is 41.9. The van der Waals surface area contributed by atoms with E-state index in [1.165, 1.54) is 12.3 Å². The molecule has 0 bridgehead atoms. The number of halogens is 3. The fourth-order valence-electron chi connectivity index (χ4n) is 3.18. The van der Waals surface area contributed by atoms with E-state index in [0.29, 0.717) is 30.9 Å².